The van der Waals surface area contributed by atoms with Gasteiger partial charge in [0, 0.05) is 17.8 Å². The predicted octanol–water partition coefficient (Wildman–Crippen LogP) is 1.95. The minimum atomic E-state index is -4.02. The van der Waals surface area contributed by atoms with Crippen molar-refractivity contribution in [1.29, 1.82) is 0 Å². The Labute approximate surface area is 141 Å². The summed E-state index contributed by atoms with van der Waals surface area (Å²) in [4.78, 5) is 14.4. The van der Waals surface area contributed by atoms with E-state index in [-0.39, 0.29) is 10.9 Å². The summed E-state index contributed by atoms with van der Waals surface area (Å²) in [7, 11) is -4.02. The molecule has 2 rings (SSSR count). The number of aryl methyl sites for hydroxylation is 1. The van der Waals surface area contributed by atoms with E-state index < -0.39 is 16.1 Å². The molecule has 2 aromatic rings. The number of aromatic amines is 1. The van der Waals surface area contributed by atoms with Crippen molar-refractivity contribution in [2.24, 2.45) is 0 Å². The standard InChI is InChI=1S/C16H20N4O3S/c1-11(2)18-16(21)20-24(22,23)15-10-17-8-7-14(15)19-13-6-4-5-12(3)9-13/h4-11H,1-3H3,(H,17,19)(H2,18,20,21)/p+1. The van der Waals surface area contributed by atoms with Gasteiger partial charge in [-0.15, -0.1) is 0 Å². The fourth-order valence-corrected chi connectivity index (χ4v) is 3.13. The van der Waals surface area contributed by atoms with Gasteiger partial charge >= 0.3 is 6.03 Å². The third-order valence-electron chi connectivity index (χ3n) is 3.06. The topological polar surface area (TPSA) is 101 Å². The smallest absolute Gasteiger partial charge is 0.328 e. The number of carbonyl (C=O) groups excluding carboxylic acids is 1. The van der Waals surface area contributed by atoms with Gasteiger partial charge in [-0.2, -0.15) is 0 Å². The fourth-order valence-electron chi connectivity index (χ4n) is 2.09. The highest BCUT2D eigenvalue weighted by Crippen LogP contribution is 2.23. The molecule has 2 amide bonds. The molecule has 8 heteroatoms. The number of nitrogens with one attached hydrogen (secondary N) is 4. The number of hydrogen-bond acceptors (Lipinski definition) is 4. The summed E-state index contributed by atoms with van der Waals surface area (Å²) in [5.74, 6) is 0. The Morgan fingerprint density at radius 3 is 2.62 bits per heavy atom. The van der Waals surface area contributed by atoms with Gasteiger partial charge in [0.1, 0.15) is 0 Å². The second-order valence-electron chi connectivity index (χ2n) is 5.65. The van der Waals surface area contributed by atoms with Crippen LogP contribution in [0.5, 0.6) is 0 Å². The molecule has 0 atom stereocenters. The quantitative estimate of drug-likeness (QED) is 0.768. The van der Waals surface area contributed by atoms with Gasteiger partial charge < -0.3 is 10.6 Å². The molecule has 0 unspecified atom stereocenters. The molecule has 0 saturated heterocycles. The average Bonchev–Trinajstić information content (AvgIpc) is 2.46. The fraction of sp³-hybridized carbons (Fsp3) is 0.250. The normalized spacial score (nSPS) is 11.2. The Morgan fingerprint density at radius 2 is 1.96 bits per heavy atom. The summed E-state index contributed by atoms with van der Waals surface area (Å²) in [6.45, 7) is 5.43. The van der Waals surface area contributed by atoms with E-state index in [1.54, 1.807) is 26.1 Å². The average molecular weight is 349 g/mol. The lowest BCUT2D eigenvalue weighted by molar-refractivity contribution is -0.380. The molecule has 0 spiro atoms. The maximum absolute atomic E-state index is 12.5. The van der Waals surface area contributed by atoms with Crippen molar-refractivity contribution in [3.63, 3.8) is 0 Å². The van der Waals surface area contributed by atoms with Crippen molar-refractivity contribution in [2.75, 3.05) is 5.32 Å². The van der Waals surface area contributed by atoms with Gasteiger partial charge in [-0.25, -0.2) is 22.9 Å². The minimum Gasteiger partial charge on any atom is -0.354 e. The van der Waals surface area contributed by atoms with Crippen molar-refractivity contribution in [1.82, 2.24) is 10.0 Å². The number of aromatic nitrogens is 1. The molecule has 7 nitrogen and oxygen atoms in total. The van der Waals surface area contributed by atoms with Crippen LogP contribution in [0.4, 0.5) is 16.2 Å². The van der Waals surface area contributed by atoms with Gasteiger partial charge in [0.25, 0.3) is 10.0 Å². The largest absolute Gasteiger partial charge is 0.354 e. The van der Waals surface area contributed by atoms with E-state index in [1.807, 2.05) is 35.9 Å². The van der Waals surface area contributed by atoms with Gasteiger partial charge in [-0.05, 0) is 38.5 Å². The third kappa shape index (κ3) is 4.69. The molecule has 0 fully saturated rings. The van der Waals surface area contributed by atoms with E-state index in [0.29, 0.717) is 5.69 Å². The molecule has 0 saturated carbocycles. The van der Waals surface area contributed by atoms with Crippen LogP contribution in [0.1, 0.15) is 19.4 Å². The number of anilines is 2. The van der Waals surface area contributed by atoms with Gasteiger partial charge in [0.15, 0.2) is 17.3 Å². The zero-order chi connectivity index (χ0) is 17.7. The predicted molar refractivity (Wildman–Crippen MR) is 91.4 cm³/mol. The Bertz CT molecular complexity index is 835. The van der Waals surface area contributed by atoms with Crippen LogP contribution in [0.25, 0.3) is 0 Å². The lowest BCUT2D eigenvalue weighted by Crippen LogP contribution is -2.42. The molecule has 24 heavy (non-hydrogen) atoms. The van der Waals surface area contributed by atoms with E-state index in [1.165, 1.54) is 6.20 Å². The molecule has 1 heterocycles. The van der Waals surface area contributed by atoms with Crippen molar-refractivity contribution in [3.05, 3.63) is 48.3 Å². The Kier molecular flexibility index (Phi) is 5.40. The van der Waals surface area contributed by atoms with Crippen LogP contribution in [-0.4, -0.2) is 20.5 Å². The molecular weight excluding hydrogens is 328 g/mol. The van der Waals surface area contributed by atoms with Crippen molar-refractivity contribution >= 4 is 27.4 Å². The number of urea groups is 1. The maximum atomic E-state index is 12.5. The summed E-state index contributed by atoms with van der Waals surface area (Å²) >= 11 is 0. The van der Waals surface area contributed by atoms with Crippen LogP contribution in [0.2, 0.25) is 0 Å². The zero-order valence-electron chi connectivity index (χ0n) is 13.8. The molecule has 0 aliphatic rings. The molecule has 1 aromatic carbocycles. The highest BCUT2D eigenvalue weighted by atomic mass is 32.2. The molecule has 128 valence electrons. The van der Waals surface area contributed by atoms with Crippen LogP contribution in [0.3, 0.4) is 0 Å². The van der Waals surface area contributed by atoms with Crippen LogP contribution in [0.15, 0.2) is 47.6 Å². The Balaban J connectivity index is 2.29. The number of pyridine rings is 1. The summed E-state index contributed by atoms with van der Waals surface area (Å²) < 4.78 is 26.9. The first-order valence-corrected chi connectivity index (χ1v) is 8.93. The van der Waals surface area contributed by atoms with Crippen LogP contribution in [0, 0.1) is 6.92 Å². The monoisotopic (exact) mass is 349 g/mol. The molecule has 0 aliphatic heterocycles. The van der Waals surface area contributed by atoms with Gasteiger partial charge in [0.2, 0.25) is 0 Å². The van der Waals surface area contributed by atoms with Crippen molar-refractivity contribution in [2.45, 2.75) is 31.7 Å². The minimum absolute atomic E-state index is 0.0505. The lowest BCUT2D eigenvalue weighted by atomic mass is 10.2. The van der Waals surface area contributed by atoms with Crippen molar-refractivity contribution < 1.29 is 18.2 Å². The Hall–Kier alpha value is -2.61. The summed E-state index contributed by atoms with van der Waals surface area (Å²) in [6, 6.07) is 8.19. The zero-order valence-corrected chi connectivity index (χ0v) is 14.6. The number of hydrogen-bond donors (Lipinski definition) is 3. The van der Waals surface area contributed by atoms with Gasteiger partial charge in [0.05, 0.1) is 5.69 Å². The van der Waals surface area contributed by atoms with E-state index in [0.717, 1.165) is 11.3 Å². The summed E-state index contributed by atoms with van der Waals surface area (Å²) in [5.41, 5.74) is 2.16. The number of rotatable bonds is 5. The number of carbonyl (C=O) groups is 1. The molecule has 4 N–H and O–H groups in total. The molecule has 0 bridgehead atoms. The van der Waals surface area contributed by atoms with E-state index in [2.05, 4.69) is 15.6 Å². The van der Waals surface area contributed by atoms with E-state index >= 15 is 0 Å². The number of benzene rings is 1. The number of amides is 2. The molecule has 0 aliphatic carbocycles. The SMILES string of the molecule is Cc1cccc(Nc2cc[nH+]cc2S(=O)(=O)NC(=O)NC(C)C)c1. The first kappa shape index (κ1) is 17.7. The third-order valence-corrected chi connectivity index (χ3v) is 4.43. The van der Waals surface area contributed by atoms with Crippen LogP contribution < -0.4 is 20.3 Å². The summed E-state index contributed by atoms with van der Waals surface area (Å²) in [5, 5.41) is 5.55. The van der Waals surface area contributed by atoms with Gasteiger partial charge in [-0.1, -0.05) is 12.1 Å². The van der Waals surface area contributed by atoms with Crippen molar-refractivity contribution in [3.8, 4) is 0 Å². The highest BCUT2D eigenvalue weighted by molar-refractivity contribution is 7.90. The first-order valence-electron chi connectivity index (χ1n) is 7.45. The van der Waals surface area contributed by atoms with E-state index in [9.17, 15) is 13.2 Å². The second kappa shape index (κ2) is 7.31. The van der Waals surface area contributed by atoms with Crippen LogP contribution in [-0.2, 0) is 10.0 Å². The van der Waals surface area contributed by atoms with E-state index in [4.69, 9.17) is 0 Å². The molecule has 1 aromatic heterocycles. The van der Waals surface area contributed by atoms with Gasteiger partial charge in [-0.3, -0.25) is 0 Å². The number of H-pyrrole nitrogens is 1. The Morgan fingerprint density at radius 1 is 1.21 bits per heavy atom. The molecule has 0 radical (unpaired) electrons. The number of sulfonamides is 1. The lowest BCUT2D eigenvalue weighted by Gasteiger charge is -2.13. The molecular formula is C16H21N4O3S+. The summed E-state index contributed by atoms with van der Waals surface area (Å²) in [6.07, 6.45) is 2.93. The second-order valence-corrected chi connectivity index (χ2v) is 7.30. The van der Waals surface area contributed by atoms with Crippen LogP contribution >= 0.6 is 0 Å². The first-order chi connectivity index (χ1) is 11.3. The highest BCUT2D eigenvalue weighted by Gasteiger charge is 2.24. The maximum Gasteiger partial charge on any atom is 0.328 e.